The first-order chi connectivity index (χ1) is 8.28. The Labute approximate surface area is 105 Å². The maximum atomic E-state index is 5.81. The van der Waals surface area contributed by atoms with E-state index in [4.69, 9.17) is 16.3 Å². The number of hydrogen-bond donors (Lipinski definition) is 1. The summed E-state index contributed by atoms with van der Waals surface area (Å²) in [6.07, 6.45) is 3.44. The summed E-state index contributed by atoms with van der Waals surface area (Å²) in [5, 5.41) is 3.74. The van der Waals surface area contributed by atoms with E-state index < -0.39 is 0 Å². The molecule has 0 aliphatic heterocycles. The number of benzene rings is 1. The molecule has 88 valence electrons. The van der Waals surface area contributed by atoms with Crippen molar-refractivity contribution >= 4 is 17.3 Å². The molecule has 1 aromatic carbocycles. The zero-order chi connectivity index (χ0) is 12.1. The van der Waals surface area contributed by atoms with Crippen LogP contribution < -0.4 is 10.1 Å². The van der Waals surface area contributed by atoms with Crippen LogP contribution in [0.1, 0.15) is 5.56 Å². The topological polar surface area (TPSA) is 34.2 Å². The molecule has 1 N–H and O–H groups in total. The SMILES string of the molecule is CNc1cncc(OCc2ccc(Cl)cc2)c1. The van der Waals surface area contributed by atoms with Crippen LogP contribution >= 0.6 is 11.6 Å². The third-order valence-electron chi connectivity index (χ3n) is 2.32. The monoisotopic (exact) mass is 248 g/mol. The summed E-state index contributed by atoms with van der Waals surface area (Å²) in [5.74, 6) is 0.742. The van der Waals surface area contributed by atoms with Gasteiger partial charge in [-0.25, -0.2) is 0 Å². The molecule has 3 nitrogen and oxygen atoms in total. The minimum atomic E-state index is 0.506. The first kappa shape index (κ1) is 11.7. The lowest BCUT2D eigenvalue weighted by Crippen LogP contribution is -1.97. The minimum Gasteiger partial charge on any atom is -0.487 e. The normalized spacial score (nSPS) is 10.0. The van der Waals surface area contributed by atoms with Crippen molar-refractivity contribution in [3.8, 4) is 5.75 Å². The van der Waals surface area contributed by atoms with Crippen molar-refractivity contribution in [2.45, 2.75) is 6.61 Å². The number of nitrogens with one attached hydrogen (secondary N) is 1. The first-order valence-corrected chi connectivity index (χ1v) is 5.66. The number of aromatic nitrogens is 1. The minimum absolute atomic E-state index is 0.506. The van der Waals surface area contributed by atoms with Crippen LogP contribution in [0.5, 0.6) is 5.75 Å². The van der Waals surface area contributed by atoms with E-state index in [1.165, 1.54) is 0 Å². The zero-order valence-electron chi connectivity index (χ0n) is 9.48. The second-order valence-electron chi connectivity index (χ2n) is 3.57. The molecule has 0 amide bonds. The number of ether oxygens (including phenoxy) is 1. The van der Waals surface area contributed by atoms with Gasteiger partial charge in [-0.1, -0.05) is 23.7 Å². The van der Waals surface area contributed by atoms with Crippen LogP contribution in [0.4, 0.5) is 5.69 Å². The molecule has 0 spiro atoms. The summed E-state index contributed by atoms with van der Waals surface area (Å²) in [5.41, 5.74) is 2.00. The maximum Gasteiger partial charge on any atom is 0.140 e. The average molecular weight is 249 g/mol. The summed E-state index contributed by atoms with van der Waals surface area (Å²) in [7, 11) is 1.85. The lowest BCUT2D eigenvalue weighted by Gasteiger charge is -2.07. The molecule has 2 rings (SSSR count). The van der Waals surface area contributed by atoms with Gasteiger partial charge in [0.1, 0.15) is 12.4 Å². The molecule has 0 unspecified atom stereocenters. The van der Waals surface area contributed by atoms with Crippen molar-refractivity contribution in [3.63, 3.8) is 0 Å². The fourth-order valence-electron chi connectivity index (χ4n) is 1.38. The van der Waals surface area contributed by atoms with Gasteiger partial charge in [-0.05, 0) is 17.7 Å². The molecule has 0 bridgehead atoms. The van der Waals surface area contributed by atoms with Crippen LogP contribution in [-0.2, 0) is 6.61 Å². The number of nitrogens with zero attached hydrogens (tertiary/aromatic N) is 1. The Hall–Kier alpha value is -1.74. The molecule has 0 aliphatic carbocycles. The second kappa shape index (κ2) is 5.55. The van der Waals surface area contributed by atoms with Gasteiger partial charge in [0.15, 0.2) is 0 Å². The predicted molar refractivity (Wildman–Crippen MR) is 69.6 cm³/mol. The summed E-state index contributed by atoms with van der Waals surface area (Å²) in [6, 6.07) is 9.49. The highest BCUT2D eigenvalue weighted by molar-refractivity contribution is 6.30. The van der Waals surface area contributed by atoms with Gasteiger partial charge in [0, 0.05) is 18.1 Å². The van der Waals surface area contributed by atoms with Gasteiger partial charge in [0.05, 0.1) is 18.1 Å². The van der Waals surface area contributed by atoms with Crippen molar-refractivity contribution in [3.05, 3.63) is 53.3 Å². The Morgan fingerprint density at radius 1 is 1.24 bits per heavy atom. The number of anilines is 1. The number of pyridine rings is 1. The number of halogens is 1. The summed E-state index contributed by atoms with van der Waals surface area (Å²) in [6.45, 7) is 0.506. The van der Waals surface area contributed by atoms with Crippen molar-refractivity contribution < 1.29 is 4.74 Å². The molecule has 0 saturated heterocycles. The summed E-state index contributed by atoms with van der Waals surface area (Å²) in [4.78, 5) is 4.07. The fraction of sp³-hybridized carbons (Fsp3) is 0.154. The van der Waals surface area contributed by atoms with Crippen LogP contribution in [0.15, 0.2) is 42.7 Å². The van der Waals surface area contributed by atoms with Crippen LogP contribution in [0.3, 0.4) is 0 Å². The van der Waals surface area contributed by atoms with Crippen LogP contribution in [0.2, 0.25) is 5.02 Å². The van der Waals surface area contributed by atoms with Crippen molar-refractivity contribution in [1.82, 2.24) is 4.98 Å². The van der Waals surface area contributed by atoms with Crippen LogP contribution in [0, 0.1) is 0 Å². The largest absolute Gasteiger partial charge is 0.487 e. The average Bonchev–Trinajstić information content (AvgIpc) is 2.38. The molecule has 0 radical (unpaired) electrons. The number of hydrogen-bond acceptors (Lipinski definition) is 3. The Bertz CT molecular complexity index is 485. The Morgan fingerprint density at radius 3 is 2.71 bits per heavy atom. The van der Waals surface area contributed by atoms with Crippen LogP contribution in [0.25, 0.3) is 0 Å². The molecule has 4 heteroatoms. The molecule has 1 heterocycles. The van der Waals surface area contributed by atoms with E-state index in [2.05, 4.69) is 10.3 Å². The first-order valence-electron chi connectivity index (χ1n) is 5.28. The zero-order valence-corrected chi connectivity index (χ0v) is 10.2. The standard InChI is InChI=1S/C13H13ClN2O/c1-15-12-6-13(8-16-7-12)17-9-10-2-4-11(14)5-3-10/h2-8,15H,9H2,1H3. The molecule has 0 fully saturated rings. The third kappa shape index (κ3) is 3.36. The highest BCUT2D eigenvalue weighted by atomic mass is 35.5. The summed E-state index contributed by atoms with van der Waals surface area (Å²) < 4.78 is 5.63. The van der Waals surface area contributed by atoms with E-state index in [9.17, 15) is 0 Å². The van der Waals surface area contributed by atoms with E-state index in [0.29, 0.717) is 6.61 Å². The van der Waals surface area contributed by atoms with E-state index in [1.54, 1.807) is 12.4 Å². The van der Waals surface area contributed by atoms with Crippen molar-refractivity contribution in [1.29, 1.82) is 0 Å². The molecule has 0 aliphatic rings. The Morgan fingerprint density at radius 2 is 2.00 bits per heavy atom. The highest BCUT2D eigenvalue weighted by Crippen LogP contribution is 2.17. The van der Waals surface area contributed by atoms with Gasteiger partial charge in [-0.2, -0.15) is 0 Å². The third-order valence-corrected chi connectivity index (χ3v) is 2.57. The molecular weight excluding hydrogens is 236 g/mol. The Kier molecular flexibility index (Phi) is 3.83. The lowest BCUT2D eigenvalue weighted by molar-refractivity contribution is 0.305. The van der Waals surface area contributed by atoms with E-state index in [-0.39, 0.29) is 0 Å². The predicted octanol–water partition coefficient (Wildman–Crippen LogP) is 3.36. The van der Waals surface area contributed by atoms with Gasteiger partial charge in [0.2, 0.25) is 0 Å². The molecule has 1 aromatic heterocycles. The molecule has 0 saturated carbocycles. The second-order valence-corrected chi connectivity index (χ2v) is 4.01. The van der Waals surface area contributed by atoms with Crippen molar-refractivity contribution in [2.75, 3.05) is 12.4 Å². The van der Waals surface area contributed by atoms with Gasteiger partial charge >= 0.3 is 0 Å². The van der Waals surface area contributed by atoms with Gasteiger partial charge in [-0.3, -0.25) is 4.98 Å². The van der Waals surface area contributed by atoms with Gasteiger partial charge < -0.3 is 10.1 Å². The van der Waals surface area contributed by atoms with E-state index >= 15 is 0 Å². The van der Waals surface area contributed by atoms with Gasteiger partial charge in [-0.15, -0.1) is 0 Å². The highest BCUT2D eigenvalue weighted by Gasteiger charge is 1.98. The smallest absolute Gasteiger partial charge is 0.140 e. The quantitative estimate of drug-likeness (QED) is 0.901. The lowest BCUT2D eigenvalue weighted by atomic mass is 10.2. The van der Waals surface area contributed by atoms with E-state index in [0.717, 1.165) is 22.0 Å². The number of rotatable bonds is 4. The Balaban J connectivity index is 1.99. The van der Waals surface area contributed by atoms with Gasteiger partial charge in [0.25, 0.3) is 0 Å². The fourth-order valence-corrected chi connectivity index (χ4v) is 1.51. The van der Waals surface area contributed by atoms with E-state index in [1.807, 2.05) is 37.4 Å². The maximum absolute atomic E-state index is 5.81. The molecule has 2 aromatic rings. The molecule has 0 atom stereocenters. The van der Waals surface area contributed by atoms with Crippen molar-refractivity contribution in [2.24, 2.45) is 0 Å². The molecule has 17 heavy (non-hydrogen) atoms. The van der Waals surface area contributed by atoms with Crippen LogP contribution in [-0.4, -0.2) is 12.0 Å². The summed E-state index contributed by atoms with van der Waals surface area (Å²) >= 11 is 5.81. The molecular formula is C13H13ClN2O.